The number of imidazole rings is 1. The molecule has 1 amide bonds. The van der Waals surface area contributed by atoms with E-state index in [1.54, 1.807) is 31.3 Å². The molecule has 0 unspecified atom stereocenters. The van der Waals surface area contributed by atoms with Crippen molar-refractivity contribution in [1.29, 1.82) is 0 Å². The number of sulfonamides is 1. The van der Waals surface area contributed by atoms with Crippen LogP contribution >= 0.6 is 0 Å². The Kier molecular flexibility index (Phi) is 7.09. The van der Waals surface area contributed by atoms with Gasteiger partial charge in [0.1, 0.15) is 5.82 Å². The van der Waals surface area contributed by atoms with E-state index in [0.717, 1.165) is 5.52 Å². The van der Waals surface area contributed by atoms with Gasteiger partial charge >= 0.3 is 0 Å². The first-order chi connectivity index (χ1) is 16.2. The van der Waals surface area contributed by atoms with Gasteiger partial charge < -0.3 is 9.88 Å². The number of amides is 1. The molecule has 0 spiro atoms. The summed E-state index contributed by atoms with van der Waals surface area (Å²) >= 11 is 0. The average molecular weight is 483 g/mol. The van der Waals surface area contributed by atoms with Crippen LogP contribution < -0.4 is 5.32 Å². The molecule has 1 fully saturated rings. The molecule has 1 N–H and O–H groups in total. The third-order valence-electron chi connectivity index (χ3n) is 6.68. The minimum Gasteiger partial charge on any atom is -0.350 e. The number of aryl methyl sites for hydroxylation is 1. The first-order valence-electron chi connectivity index (χ1n) is 12.0. The zero-order chi connectivity index (χ0) is 24.5. The molecule has 1 aliphatic rings. The highest BCUT2D eigenvalue weighted by atomic mass is 32.2. The second kappa shape index (κ2) is 9.88. The van der Waals surface area contributed by atoms with Gasteiger partial charge in [-0.05, 0) is 68.5 Å². The van der Waals surface area contributed by atoms with Crippen molar-refractivity contribution in [3.05, 3.63) is 59.4 Å². The lowest BCUT2D eigenvalue weighted by molar-refractivity contribution is 0.0943. The highest BCUT2D eigenvalue weighted by Crippen LogP contribution is 2.33. The van der Waals surface area contributed by atoms with Gasteiger partial charge in [0.25, 0.3) is 5.91 Å². The number of carbonyl (C=O) groups is 1. The predicted octanol–water partition coefficient (Wildman–Crippen LogP) is 4.58. The molecule has 1 saturated carbocycles. The van der Waals surface area contributed by atoms with Gasteiger partial charge in [-0.25, -0.2) is 13.4 Å². The molecule has 8 heteroatoms. The van der Waals surface area contributed by atoms with Crippen molar-refractivity contribution in [1.82, 2.24) is 19.2 Å². The van der Waals surface area contributed by atoms with Crippen molar-refractivity contribution in [2.75, 3.05) is 7.05 Å². The van der Waals surface area contributed by atoms with Gasteiger partial charge in [0.05, 0.1) is 22.5 Å². The van der Waals surface area contributed by atoms with Gasteiger partial charge in [-0.3, -0.25) is 4.79 Å². The molecule has 3 aromatic rings. The van der Waals surface area contributed by atoms with Gasteiger partial charge in [0.15, 0.2) is 0 Å². The standard InChI is InChI=1S/C26H34N4O3S/c1-18(2)27-26(31)21-12-15-24-23(16-21)28-25(30(24)4)17-29(3)34(32,33)22-13-10-20(11-14-22)19-8-6-5-7-9-19/h10-16,18-19H,5-9,17H2,1-4H3,(H,27,31). The molecule has 4 rings (SSSR count). The Morgan fingerprint density at radius 2 is 1.79 bits per heavy atom. The van der Waals surface area contributed by atoms with Gasteiger partial charge in [-0.15, -0.1) is 0 Å². The number of nitrogens with zero attached hydrogens (tertiary/aromatic N) is 3. The first-order valence-corrected chi connectivity index (χ1v) is 13.4. The van der Waals surface area contributed by atoms with Crippen LogP contribution in [0.25, 0.3) is 11.0 Å². The number of nitrogens with one attached hydrogen (secondary N) is 1. The number of fused-ring (bicyclic) bond motifs is 1. The Labute approximate surface area is 202 Å². The number of carbonyl (C=O) groups excluding carboxylic acids is 1. The number of benzene rings is 2. The van der Waals surface area contributed by atoms with E-state index in [9.17, 15) is 13.2 Å². The number of hydrogen-bond acceptors (Lipinski definition) is 4. The molecule has 0 saturated heterocycles. The predicted molar refractivity (Wildman–Crippen MR) is 134 cm³/mol. The second-order valence-electron chi connectivity index (χ2n) is 9.58. The molecule has 0 bridgehead atoms. The van der Waals surface area contributed by atoms with E-state index in [1.807, 2.05) is 43.7 Å². The van der Waals surface area contributed by atoms with E-state index in [-0.39, 0.29) is 18.5 Å². The van der Waals surface area contributed by atoms with Crippen LogP contribution in [0.5, 0.6) is 0 Å². The minimum absolute atomic E-state index is 0.0399. The Morgan fingerprint density at radius 1 is 1.12 bits per heavy atom. The summed E-state index contributed by atoms with van der Waals surface area (Å²) < 4.78 is 29.7. The van der Waals surface area contributed by atoms with Crippen LogP contribution in [0.1, 0.15) is 73.6 Å². The molecular formula is C26H34N4O3S. The van der Waals surface area contributed by atoms with Crippen LogP contribution in [0.15, 0.2) is 47.4 Å². The molecule has 0 aliphatic heterocycles. The molecule has 1 aliphatic carbocycles. The van der Waals surface area contributed by atoms with Crippen LogP contribution in [0, 0.1) is 0 Å². The van der Waals surface area contributed by atoms with Gasteiger partial charge in [-0.1, -0.05) is 31.4 Å². The molecule has 1 heterocycles. The fraction of sp³-hybridized carbons (Fsp3) is 0.462. The summed E-state index contributed by atoms with van der Waals surface area (Å²) in [5.74, 6) is 0.998. The van der Waals surface area contributed by atoms with Crippen LogP contribution in [-0.2, 0) is 23.6 Å². The zero-order valence-electron chi connectivity index (χ0n) is 20.4. The third-order valence-corrected chi connectivity index (χ3v) is 8.50. The molecule has 182 valence electrons. The largest absolute Gasteiger partial charge is 0.350 e. The summed E-state index contributed by atoms with van der Waals surface area (Å²) in [6.07, 6.45) is 6.15. The van der Waals surface area contributed by atoms with Crippen LogP contribution in [-0.4, -0.2) is 41.3 Å². The van der Waals surface area contributed by atoms with Crippen molar-refractivity contribution < 1.29 is 13.2 Å². The summed E-state index contributed by atoms with van der Waals surface area (Å²) in [6.45, 7) is 3.95. The van der Waals surface area contributed by atoms with Crippen molar-refractivity contribution in [3.63, 3.8) is 0 Å². The van der Waals surface area contributed by atoms with E-state index in [0.29, 0.717) is 27.7 Å². The zero-order valence-corrected chi connectivity index (χ0v) is 21.2. The monoisotopic (exact) mass is 482 g/mol. The summed E-state index contributed by atoms with van der Waals surface area (Å²) in [4.78, 5) is 17.3. The molecule has 7 nitrogen and oxygen atoms in total. The fourth-order valence-electron chi connectivity index (χ4n) is 4.69. The van der Waals surface area contributed by atoms with E-state index in [2.05, 4.69) is 10.3 Å². The molecule has 0 radical (unpaired) electrons. The fourth-order valence-corrected chi connectivity index (χ4v) is 5.82. The highest BCUT2D eigenvalue weighted by molar-refractivity contribution is 7.89. The summed E-state index contributed by atoms with van der Waals surface area (Å²) in [5, 5.41) is 2.88. The topological polar surface area (TPSA) is 84.3 Å². The molecule has 2 aromatic carbocycles. The van der Waals surface area contributed by atoms with E-state index >= 15 is 0 Å². The van der Waals surface area contributed by atoms with Crippen LogP contribution in [0.2, 0.25) is 0 Å². The van der Waals surface area contributed by atoms with E-state index in [4.69, 9.17) is 0 Å². The molecule has 1 aromatic heterocycles. The summed E-state index contributed by atoms with van der Waals surface area (Å²) in [5.41, 5.74) is 3.27. The summed E-state index contributed by atoms with van der Waals surface area (Å²) in [6, 6.07) is 12.8. The van der Waals surface area contributed by atoms with Gasteiger partial charge in [0.2, 0.25) is 10.0 Å². The Balaban J connectivity index is 1.52. The number of hydrogen-bond donors (Lipinski definition) is 1. The third kappa shape index (κ3) is 5.03. The maximum atomic E-state index is 13.2. The quantitative estimate of drug-likeness (QED) is 0.534. The number of aromatic nitrogens is 2. The Hall–Kier alpha value is -2.71. The van der Waals surface area contributed by atoms with Crippen LogP contribution in [0.4, 0.5) is 0 Å². The molecule has 34 heavy (non-hydrogen) atoms. The molecular weight excluding hydrogens is 448 g/mol. The molecule has 0 atom stereocenters. The Bertz CT molecular complexity index is 1270. The van der Waals surface area contributed by atoms with Gasteiger partial charge in [0, 0.05) is 25.7 Å². The van der Waals surface area contributed by atoms with Crippen molar-refractivity contribution in [2.24, 2.45) is 7.05 Å². The van der Waals surface area contributed by atoms with Crippen LogP contribution in [0.3, 0.4) is 0 Å². The SMILES string of the molecule is CC(C)NC(=O)c1ccc2c(c1)nc(CN(C)S(=O)(=O)c1ccc(C3CCCCC3)cc1)n2C. The second-order valence-corrected chi connectivity index (χ2v) is 11.6. The normalized spacial score (nSPS) is 15.4. The smallest absolute Gasteiger partial charge is 0.251 e. The maximum absolute atomic E-state index is 13.2. The van der Waals surface area contributed by atoms with Gasteiger partial charge in [-0.2, -0.15) is 4.31 Å². The average Bonchev–Trinajstić information content (AvgIpc) is 3.13. The maximum Gasteiger partial charge on any atom is 0.251 e. The van der Waals surface area contributed by atoms with Crippen molar-refractivity contribution in [2.45, 2.75) is 69.4 Å². The van der Waals surface area contributed by atoms with E-state index < -0.39 is 10.0 Å². The highest BCUT2D eigenvalue weighted by Gasteiger charge is 2.24. The lowest BCUT2D eigenvalue weighted by Crippen LogP contribution is -2.29. The van der Waals surface area contributed by atoms with E-state index in [1.165, 1.54) is 42.0 Å². The van der Waals surface area contributed by atoms with Crippen molar-refractivity contribution >= 4 is 27.0 Å². The van der Waals surface area contributed by atoms with Crippen molar-refractivity contribution in [3.8, 4) is 0 Å². The lowest BCUT2D eigenvalue weighted by atomic mass is 9.84. The lowest BCUT2D eigenvalue weighted by Gasteiger charge is -2.22. The number of rotatable bonds is 7. The Morgan fingerprint density at radius 3 is 2.44 bits per heavy atom. The first kappa shape index (κ1) is 24.4. The summed E-state index contributed by atoms with van der Waals surface area (Å²) in [7, 11) is -0.224. The minimum atomic E-state index is -3.66.